The average Bonchev–Trinajstić information content (AvgIpc) is 3.33. The van der Waals surface area contributed by atoms with Gasteiger partial charge in [0.15, 0.2) is 17.8 Å². The highest BCUT2D eigenvalue weighted by Gasteiger charge is 2.39. The van der Waals surface area contributed by atoms with Gasteiger partial charge in [-0.3, -0.25) is 4.57 Å². The zero-order chi connectivity index (χ0) is 24.5. The molecule has 0 amide bonds. The second-order valence-electron chi connectivity index (χ2n) is 7.35. The number of aromatic nitrogens is 5. The molecule has 1 N–H and O–H groups in total. The second kappa shape index (κ2) is 9.61. The van der Waals surface area contributed by atoms with Crippen LogP contribution in [0, 0.1) is 0 Å². The van der Waals surface area contributed by atoms with Gasteiger partial charge in [0.05, 0.1) is 6.54 Å². The maximum absolute atomic E-state index is 13.0. The van der Waals surface area contributed by atoms with E-state index in [9.17, 15) is 23.1 Å². The largest absolute Gasteiger partial charge is 0.416 e. The number of aliphatic hydroxyl groups is 1. The van der Waals surface area contributed by atoms with E-state index >= 15 is 0 Å². The molecule has 0 fully saturated rings. The molecule has 1 atom stereocenters. The third kappa shape index (κ3) is 5.49. The summed E-state index contributed by atoms with van der Waals surface area (Å²) in [4.78, 5) is 17.1. The van der Waals surface area contributed by atoms with Gasteiger partial charge in [-0.15, -0.1) is 5.10 Å². The maximum Gasteiger partial charge on any atom is 0.416 e. The molecular weight excluding hydrogens is 498 g/mol. The van der Waals surface area contributed by atoms with Crippen LogP contribution in [0.2, 0.25) is 10.0 Å². The normalized spacial score (nSPS) is 12.8. The third-order valence-electron chi connectivity index (χ3n) is 4.81. The van der Waals surface area contributed by atoms with Crippen molar-refractivity contribution in [3.8, 4) is 11.4 Å². The van der Waals surface area contributed by atoms with Crippen LogP contribution >= 0.6 is 23.2 Å². The van der Waals surface area contributed by atoms with Gasteiger partial charge >= 0.3 is 11.9 Å². The van der Waals surface area contributed by atoms with Crippen molar-refractivity contribution in [1.29, 1.82) is 0 Å². The van der Waals surface area contributed by atoms with Crippen molar-refractivity contribution >= 4 is 23.2 Å². The highest BCUT2D eigenvalue weighted by atomic mass is 35.5. The Morgan fingerprint density at radius 1 is 1.09 bits per heavy atom. The molecule has 4 rings (SSSR count). The van der Waals surface area contributed by atoms with Gasteiger partial charge in [-0.1, -0.05) is 40.5 Å². The summed E-state index contributed by atoms with van der Waals surface area (Å²) in [7, 11) is 0. The Labute approximate surface area is 200 Å². The van der Waals surface area contributed by atoms with Crippen LogP contribution in [0.25, 0.3) is 11.4 Å². The second-order valence-corrected chi connectivity index (χ2v) is 8.22. The summed E-state index contributed by atoms with van der Waals surface area (Å²) in [6, 6.07) is 13.1. The van der Waals surface area contributed by atoms with E-state index in [0.29, 0.717) is 27.9 Å². The SMILES string of the molecule is O=c1n(Cc2nc(Cc3cccc(Cl)c3)no2)nc(-c2ccc(Cl)cc2)n1C[C@H](O)C(F)(F)F. The van der Waals surface area contributed by atoms with Gasteiger partial charge in [-0.2, -0.15) is 18.2 Å². The van der Waals surface area contributed by atoms with Crippen LogP contribution < -0.4 is 5.69 Å². The van der Waals surface area contributed by atoms with Crippen molar-refractivity contribution in [1.82, 2.24) is 24.5 Å². The smallest absolute Gasteiger partial charge is 0.382 e. The van der Waals surface area contributed by atoms with Crippen LogP contribution in [0.5, 0.6) is 0 Å². The van der Waals surface area contributed by atoms with Crippen LogP contribution in [0.15, 0.2) is 57.8 Å². The fraction of sp³-hybridized carbons (Fsp3) is 0.238. The molecule has 0 bridgehead atoms. The fourth-order valence-corrected chi connectivity index (χ4v) is 3.52. The zero-order valence-corrected chi connectivity index (χ0v) is 18.7. The maximum atomic E-state index is 13.0. The minimum atomic E-state index is -4.92. The lowest BCUT2D eigenvalue weighted by Gasteiger charge is -2.15. The quantitative estimate of drug-likeness (QED) is 0.401. The van der Waals surface area contributed by atoms with E-state index < -0.39 is 24.5 Å². The Morgan fingerprint density at radius 2 is 1.82 bits per heavy atom. The molecule has 0 saturated carbocycles. The van der Waals surface area contributed by atoms with Crippen LogP contribution in [0.3, 0.4) is 0 Å². The lowest BCUT2D eigenvalue weighted by Crippen LogP contribution is -2.37. The minimum absolute atomic E-state index is 0.0304. The monoisotopic (exact) mass is 513 g/mol. The number of benzene rings is 2. The standard InChI is InChI=1S/C21H16Cl2F3N5O3/c22-14-6-4-13(5-7-14)19-28-31(20(33)30(19)10-16(32)21(24,25)26)11-18-27-17(29-34-18)9-12-2-1-3-15(23)8-12/h1-8,16,32H,9-11H2/t16-/m0/s1. The van der Waals surface area contributed by atoms with Gasteiger partial charge in [0.1, 0.15) is 6.54 Å². The molecule has 0 radical (unpaired) electrons. The van der Waals surface area contributed by atoms with Crippen LogP contribution in [-0.4, -0.2) is 41.9 Å². The van der Waals surface area contributed by atoms with E-state index in [1.165, 1.54) is 24.3 Å². The molecule has 2 heterocycles. The Morgan fingerprint density at radius 3 is 2.50 bits per heavy atom. The lowest BCUT2D eigenvalue weighted by molar-refractivity contribution is -0.207. The number of rotatable bonds is 7. The van der Waals surface area contributed by atoms with E-state index in [-0.39, 0.29) is 18.3 Å². The summed E-state index contributed by atoms with van der Waals surface area (Å²) in [5.41, 5.74) is 0.289. The molecular formula is C21H16Cl2F3N5O3. The van der Waals surface area contributed by atoms with E-state index in [1.807, 2.05) is 6.07 Å². The summed E-state index contributed by atoms with van der Waals surface area (Å²) < 4.78 is 45.7. The topological polar surface area (TPSA) is 99.0 Å². The summed E-state index contributed by atoms with van der Waals surface area (Å²) >= 11 is 11.9. The third-order valence-corrected chi connectivity index (χ3v) is 5.29. The van der Waals surface area contributed by atoms with Gasteiger partial charge < -0.3 is 9.63 Å². The average molecular weight is 514 g/mol. The summed E-state index contributed by atoms with van der Waals surface area (Å²) in [6.07, 6.45) is -7.36. The number of alkyl halides is 3. The summed E-state index contributed by atoms with van der Waals surface area (Å²) in [6.45, 7) is -1.32. The van der Waals surface area contributed by atoms with Crippen molar-refractivity contribution in [2.75, 3.05) is 0 Å². The van der Waals surface area contributed by atoms with Crippen LogP contribution in [0.4, 0.5) is 13.2 Å². The predicted molar refractivity (Wildman–Crippen MR) is 117 cm³/mol. The molecule has 0 aliphatic rings. The number of aliphatic hydroxyl groups excluding tert-OH is 1. The van der Waals surface area contributed by atoms with E-state index in [1.54, 1.807) is 18.2 Å². The lowest BCUT2D eigenvalue weighted by atomic mass is 10.1. The van der Waals surface area contributed by atoms with Gasteiger partial charge in [0.25, 0.3) is 0 Å². The molecule has 2 aromatic heterocycles. The Bertz CT molecular complexity index is 1350. The van der Waals surface area contributed by atoms with Crippen LogP contribution in [0.1, 0.15) is 17.3 Å². The zero-order valence-electron chi connectivity index (χ0n) is 17.2. The fourth-order valence-electron chi connectivity index (χ4n) is 3.18. The first kappa shape index (κ1) is 24.0. The Kier molecular flexibility index (Phi) is 6.78. The molecule has 0 spiro atoms. The molecule has 0 unspecified atom stereocenters. The van der Waals surface area contributed by atoms with E-state index in [2.05, 4.69) is 15.2 Å². The molecule has 178 valence electrons. The number of nitrogens with zero attached hydrogens (tertiary/aromatic N) is 5. The first-order valence-electron chi connectivity index (χ1n) is 9.84. The van der Waals surface area contributed by atoms with Crippen LogP contribution in [-0.2, 0) is 19.5 Å². The number of hydrogen-bond acceptors (Lipinski definition) is 6. The molecule has 4 aromatic rings. The molecule has 34 heavy (non-hydrogen) atoms. The van der Waals surface area contributed by atoms with E-state index in [0.717, 1.165) is 14.8 Å². The van der Waals surface area contributed by atoms with Gasteiger partial charge in [-0.25, -0.2) is 9.48 Å². The molecule has 13 heteroatoms. The molecule has 0 aliphatic heterocycles. The predicted octanol–water partition coefficient (Wildman–Crippen LogP) is 3.96. The molecule has 8 nitrogen and oxygen atoms in total. The van der Waals surface area contributed by atoms with E-state index in [4.69, 9.17) is 27.7 Å². The van der Waals surface area contributed by atoms with Gasteiger partial charge in [0, 0.05) is 22.0 Å². The number of hydrogen-bond donors (Lipinski definition) is 1. The minimum Gasteiger partial charge on any atom is -0.382 e. The Balaban J connectivity index is 1.63. The highest BCUT2D eigenvalue weighted by molar-refractivity contribution is 6.30. The van der Waals surface area contributed by atoms with Crippen molar-refractivity contribution in [2.24, 2.45) is 0 Å². The van der Waals surface area contributed by atoms with Crippen molar-refractivity contribution < 1.29 is 22.8 Å². The van der Waals surface area contributed by atoms with Crippen molar-refractivity contribution in [3.63, 3.8) is 0 Å². The summed E-state index contributed by atoms with van der Waals surface area (Å²) in [5, 5.41) is 18.5. The molecule has 0 aliphatic carbocycles. The van der Waals surface area contributed by atoms with Crippen molar-refractivity contribution in [2.45, 2.75) is 31.8 Å². The molecule has 2 aromatic carbocycles. The highest BCUT2D eigenvalue weighted by Crippen LogP contribution is 2.24. The molecule has 0 saturated heterocycles. The van der Waals surface area contributed by atoms with Gasteiger partial charge in [0.2, 0.25) is 5.89 Å². The first-order chi connectivity index (χ1) is 16.1. The van der Waals surface area contributed by atoms with Crippen molar-refractivity contribution in [3.05, 3.63) is 86.3 Å². The Hall–Kier alpha value is -3.15. The van der Waals surface area contributed by atoms with Gasteiger partial charge in [-0.05, 0) is 42.0 Å². The number of halogens is 5. The summed E-state index contributed by atoms with van der Waals surface area (Å²) in [5.74, 6) is 0.279. The first-order valence-corrected chi connectivity index (χ1v) is 10.6.